The first kappa shape index (κ1) is 11.6. The fourth-order valence-corrected chi connectivity index (χ4v) is 3.36. The molecule has 0 amide bonds. The highest BCUT2D eigenvalue weighted by Crippen LogP contribution is 2.57. The molecule has 98 valence electrons. The van der Waals surface area contributed by atoms with E-state index in [1.165, 1.54) is 0 Å². The van der Waals surface area contributed by atoms with Gasteiger partial charge >= 0.3 is 0 Å². The van der Waals surface area contributed by atoms with Crippen molar-refractivity contribution in [2.75, 3.05) is 6.61 Å². The zero-order chi connectivity index (χ0) is 13.1. The molecule has 1 saturated carbocycles. The Hall–Kier alpha value is -1.23. The van der Waals surface area contributed by atoms with Crippen LogP contribution in [-0.2, 0) is 14.3 Å². The second-order valence-electron chi connectivity index (χ2n) is 5.24. The minimum Gasteiger partial charge on any atom is -0.343 e. The Bertz CT molecular complexity index is 567. The molecule has 0 N–H and O–H groups in total. The van der Waals surface area contributed by atoms with E-state index in [-0.39, 0.29) is 35.4 Å². The third kappa shape index (κ3) is 1.60. The lowest BCUT2D eigenvalue weighted by Gasteiger charge is -2.14. The zero-order valence-corrected chi connectivity index (χ0v) is 10.7. The van der Waals surface area contributed by atoms with Crippen LogP contribution in [0, 0.1) is 17.8 Å². The molecule has 4 unspecified atom stereocenters. The summed E-state index contributed by atoms with van der Waals surface area (Å²) in [5, 5.41) is 0.594. The molecule has 2 aliphatic heterocycles. The van der Waals surface area contributed by atoms with Crippen molar-refractivity contribution in [2.45, 2.75) is 12.4 Å². The average Bonchev–Trinajstić information content (AvgIpc) is 3.02. The van der Waals surface area contributed by atoms with Crippen molar-refractivity contribution < 1.29 is 19.1 Å². The molecule has 3 fully saturated rings. The van der Waals surface area contributed by atoms with E-state index >= 15 is 0 Å². The Morgan fingerprint density at radius 2 is 2.00 bits per heavy atom. The number of carbonyl (C=O) groups is 2. The maximum absolute atomic E-state index is 12.4. The number of fused-ring (bicyclic) bond motifs is 4. The van der Waals surface area contributed by atoms with E-state index in [1.807, 2.05) is 0 Å². The van der Waals surface area contributed by atoms with Gasteiger partial charge in [-0.15, -0.1) is 0 Å². The van der Waals surface area contributed by atoms with Crippen molar-refractivity contribution in [1.29, 1.82) is 0 Å². The largest absolute Gasteiger partial charge is 0.343 e. The minimum absolute atomic E-state index is 0.00516. The third-order valence-electron chi connectivity index (χ3n) is 4.21. The second kappa shape index (κ2) is 3.88. The molecule has 4 nitrogen and oxygen atoms in total. The SMILES string of the molecule is O=C1C2OCC(O2)C2C1[C@@H]2C(=O)c1ccc(Cl)cc1. The standard InChI is InChI=1S/C14H11ClO4/c15-7-3-1-6(2-4-7)12(16)10-9-8-5-18-14(19-8)13(17)11(9)10/h1-4,8-11,14H,5H2/t8?,9?,10-,11?,14?/m1/s1. The predicted molar refractivity (Wildman–Crippen MR) is 65.9 cm³/mol. The van der Waals surface area contributed by atoms with E-state index in [4.69, 9.17) is 21.1 Å². The van der Waals surface area contributed by atoms with E-state index in [0.29, 0.717) is 17.2 Å². The van der Waals surface area contributed by atoms with Crippen molar-refractivity contribution in [1.82, 2.24) is 0 Å². The maximum Gasteiger partial charge on any atom is 0.218 e. The van der Waals surface area contributed by atoms with E-state index < -0.39 is 6.29 Å². The molecule has 5 atom stereocenters. The fourth-order valence-electron chi connectivity index (χ4n) is 3.24. The van der Waals surface area contributed by atoms with Gasteiger partial charge in [-0.25, -0.2) is 0 Å². The van der Waals surface area contributed by atoms with Crippen LogP contribution in [0.15, 0.2) is 24.3 Å². The van der Waals surface area contributed by atoms with Crippen molar-refractivity contribution >= 4 is 23.2 Å². The van der Waals surface area contributed by atoms with Gasteiger partial charge in [0.15, 0.2) is 11.6 Å². The van der Waals surface area contributed by atoms with Gasteiger partial charge in [0.25, 0.3) is 0 Å². The molecule has 0 radical (unpaired) electrons. The number of ether oxygens (including phenoxy) is 2. The molecule has 0 aromatic heterocycles. The number of halogens is 1. The molecule has 19 heavy (non-hydrogen) atoms. The molecule has 2 saturated heterocycles. The van der Waals surface area contributed by atoms with E-state index in [9.17, 15) is 9.59 Å². The normalized spacial score (nSPS) is 39.0. The quantitative estimate of drug-likeness (QED) is 0.773. The van der Waals surface area contributed by atoms with Crippen LogP contribution in [0.25, 0.3) is 0 Å². The lowest BCUT2D eigenvalue weighted by Crippen LogP contribution is -2.30. The molecule has 5 heteroatoms. The average molecular weight is 279 g/mol. The van der Waals surface area contributed by atoms with Crippen LogP contribution >= 0.6 is 11.6 Å². The van der Waals surface area contributed by atoms with E-state index in [1.54, 1.807) is 24.3 Å². The molecule has 0 spiro atoms. The summed E-state index contributed by atoms with van der Waals surface area (Å²) in [6.45, 7) is 0.419. The van der Waals surface area contributed by atoms with Crippen LogP contribution in [0.3, 0.4) is 0 Å². The van der Waals surface area contributed by atoms with E-state index in [2.05, 4.69) is 0 Å². The summed E-state index contributed by atoms with van der Waals surface area (Å²) in [6.07, 6.45) is -0.844. The monoisotopic (exact) mass is 278 g/mol. The summed E-state index contributed by atoms with van der Waals surface area (Å²) >= 11 is 5.81. The third-order valence-corrected chi connectivity index (χ3v) is 4.46. The van der Waals surface area contributed by atoms with Gasteiger partial charge in [-0.2, -0.15) is 0 Å². The first-order chi connectivity index (χ1) is 9.16. The number of Topliss-reactive ketones (excluding diaryl/α,β-unsaturated/α-hetero) is 2. The van der Waals surface area contributed by atoms with Crippen molar-refractivity contribution in [3.63, 3.8) is 0 Å². The van der Waals surface area contributed by atoms with Crippen molar-refractivity contribution in [3.05, 3.63) is 34.9 Å². The van der Waals surface area contributed by atoms with Crippen LogP contribution in [0.4, 0.5) is 0 Å². The second-order valence-corrected chi connectivity index (χ2v) is 5.68. The number of hydrogen-bond acceptors (Lipinski definition) is 4. The number of hydrogen-bond donors (Lipinski definition) is 0. The van der Waals surface area contributed by atoms with Gasteiger partial charge in [0.1, 0.15) is 0 Å². The molecule has 1 aliphatic carbocycles. The van der Waals surface area contributed by atoms with Gasteiger partial charge in [0.2, 0.25) is 6.29 Å². The summed E-state index contributed by atoms with van der Waals surface area (Å²) in [5.74, 6) is -0.529. The lowest BCUT2D eigenvalue weighted by molar-refractivity contribution is -0.153. The molecule has 3 aliphatic rings. The summed E-state index contributed by atoms with van der Waals surface area (Å²) in [7, 11) is 0. The maximum atomic E-state index is 12.4. The smallest absolute Gasteiger partial charge is 0.218 e. The number of benzene rings is 1. The Kier molecular flexibility index (Phi) is 2.37. The van der Waals surface area contributed by atoms with Gasteiger partial charge < -0.3 is 9.47 Å². The Balaban J connectivity index is 1.60. The van der Waals surface area contributed by atoms with Gasteiger partial charge in [0, 0.05) is 28.3 Å². The molecular weight excluding hydrogens is 268 g/mol. The van der Waals surface area contributed by atoms with Gasteiger partial charge in [-0.05, 0) is 24.3 Å². The van der Waals surface area contributed by atoms with Gasteiger partial charge in [-0.3, -0.25) is 9.59 Å². The zero-order valence-electron chi connectivity index (χ0n) is 9.91. The highest BCUT2D eigenvalue weighted by molar-refractivity contribution is 6.30. The summed E-state index contributed by atoms with van der Waals surface area (Å²) in [4.78, 5) is 24.4. The molecule has 4 rings (SSSR count). The molecular formula is C14H11ClO4. The predicted octanol–water partition coefficient (Wildman–Crippen LogP) is 1.71. The van der Waals surface area contributed by atoms with E-state index in [0.717, 1.165) is 0 Å². The molecule has 1 aromatic rings. The minimum atomic E-state index is -0.741. The summed E-state index contributed by atoms with van der Waals surface area (Å²) in [6, 6.07) is 6.78. The number of rotatable bonds is 2. The van der Waals surface area contributed by atoms with Gasteiger partial charge in [-0.1, -0.05) is 11.6 Å². The van der Waals surface area contributed by atoms with Crippen LogP contribution in [0.1, 0.15) is 10.4 Å². The van der Waals surface area contributed by atoms with Crippen LogP contribution < -0.4 is 0 Å². The Labute approximate surface area is 114 Å². The van der Waals surface area contributed by atoms with Gasteiger partial charge in [0.05, 0.1) is 12.7 Å². The first-order valence-electron chi connectivity index (χ1n) is 6.27. The topological polar surface area (TPSA) is 52.6 Å². The fraction of sp³-hybridized carbons (Fsp3) is 0.429. The van der Waals surface area contributed by atoms with Crippen LogP contribution in [0.5, 0.6) is 0 Å². The number of ketones is 2. The molecule has 1 aromatic carbocycles. The van der Waals surface area contributed by atoms with Crippen LogP contribution in [-0.4, -0.2) is 30.6 Å². The number of carbonyl (C=O) groups excluding carboxylic acids is 2. The first-order valence-corrected chi connectivity index (χ1v) is 6.65. The van der Waals surface area contributed by atoms with Crippen LogP contribution in [0.2, 0.25) is 5.02 Å². The highest BCUT2D eigenvalue weighted by atomic mass is 35.5. The van der Waals surface area contributed by atoms with Crippen molar-refractivity contribution in [2.24, 2.45) is 17.8 Å². The molecule has 2 heterocycles. The summed E-state index contributed by atoms with van der Waals surface area (Å²) < 4.78 is 10.7. The van der Waals surface area contributed by atoms with Crippen molar-refractivity contribution in [3.8, 4) is 0 Å². The highest BCUT2D eigenvalue weighted by Gasteiger charge is 2.68. The Morgan fingerprint density at radius 3 is 2.74 bits per heavy atom. The Morgan fingerprint density at radius 1 is 1.26 bits per heavy atom. The lowest BCUT2D eigenvalue weighted by atomic mass is 10.0. The molecule has 2 bridgehead atoms. The summed E-state index contributed by atoms with van der Waals surface area (Å²) in [5.41, 5.74) is 0.605.